The zero-order valence-corrected chi connectivity index (χ0v) is 21.5. The number of hydrogen-bond donors (Lipinski definition) is 2. The lowest BCUT2D eigenvalue weighted by Gasteiger charge is -2.17. The van der Waals surface area contributed by atoms with Crippen molar-refractivity contribution in [3.8, 4) is 0 Å². The van der Waals surface area contributed by atoms with Crippen LogP contribution in [0.5, 0.6) is 0 Å². The van der Waals surface area contributed by atoms with E-state index >= 15 is 0 Å². The average molecular weight is 469 g/mol. The Morgan fingerprint density at radius 1 is 0.588 bits per heavy atom. The summed E-state index contributed by atoms with van der Waals surface area (Å²) in [6.45, 7) is 2.30. The molecule has 2 rings (SSSR count). The topological polar surface area (TPSA) is 57.5 Å². The lowest BCUT2D eigenvalue weighted by atomic mass is 9.88. The van der Waals surface area contributed by atoms with E-state index in [9.17, 15) is 0 Å². The monoisotopic (exact) mass is 468 g/mol. The molecule has 0 atom stereocenters. The van der Waals surface area contributed by atoms with Gasteiger partial charge in [-0.05, 0) is 36.3 Å². The van der Waals surface area contributed by atoms with Crippen LogP contribution in [-0.4, -0.2) is 16.4 Å². The lowest BCUT2D eigenvalue weighted by molar-refractivity contribution is 0.137. The molecule has 0 radical (unpaired) electrons. The maximum Gasteiger partial charge on any atom is 0.503 e. The zero-order valence-electron chi connectivity index (χ0n) is 21.5. The Morgan fingerprint density at radius 3 is 1.26 bits per heavy atom. The number of carboxylic acid groups (broad SMARTS) is 2. The number of hydrogen-bond acceptors (Lipinski definition) is 1. The fraction of sp³-hybridized carbons (Fsp3) is 0.581. The van der Waals surface area contributed by atoms with Crippen molar-refractivity contribution in [1.29, 1.82) is 0 Å². The van der Waals surface area contributed by atoms with E-state index in [1.54, 1.807) is 0 Å². The van der Waals surface area contributed by atoms with Crippen LogP contribution in [-0.2, 0) is 12.8 Å². The fourth-order valence-electron chi connectivity index (χ4n) is 4.62. The predicted molar refractivity (Wildman–Crippen MR) is 145 cm³/mol. The Bertz CT molecular complexity index is 654. The molecule has 190 valence electrons. The molecule has 0 aliphatic carbocycles. The van der Waals surface area contributed by atoms with Crippen molar-refractivity contribution in [2.75, 3.05) is 0 Å². The maximum absolute atomic E-state index is 8.56. The minimum atomic E-state index is -1.83. The molecular weight excluding hydrogens is 420 g/mol. The third kappa shape index (κ3) is 18.2. The Balaban J connectivity index is 0.00000133. The zero-order chi connectivity index (χ0) is 24.7. The van der Waals surface area contributed by atoms with Crippen LogP contribution < -0.4 is 0 Å². The molecule has 34 heavy (non-hydrogen) atoms. The summed E-state index contributed by atoms with van der Waals surface area (Å²) in [6.07, 6.45) is 20.6. The molecule has 3 nitrogen and oxygen atoms in total. The Hall–Kier alpha value is -2.29. The highest BCUT2D eigenvalue weighted by Gasteiger charge is 2.11. The highest BCUT2D eigenvalue weighted by atomic mass is 16.6. The Morgan fingerprint density at radius 2 is 0.912 bits per heavy atom. The number of benzene rings is 2. The molecule has 0 saturated carbocycles. The van der Waals surface area contributed by atoms with Gasteiger partial charge in [-0.2, -0.15) is 0 Å². The summed E-state index contributed by atoms with van der Waals surface area (Å²) < 4.78 is 0. The van der Waals surface area contributed by atoms with Crippen LogP contribution in [0.1, 0.15) is 108 Å². The van der Waals surface area contributed by atoms with Gasteiger partial charge in [-0.15, -0.1) is 0 Å². The molecule has 0 amide bonds. The smallest absolute Gasteiger partial charge is 0.450 e. The van der Waals surface area contributed by atoms with E-state index in [0.717, 1.165) is 5.92 Å². The van der Waals surface area contributed by atoms with Gasteiger partial charge in [0.2, 0.25) is 0 Å². The van der Waals surface area contributed by atoms with E-state index in [4.69, 9.17) is 15.0 Å². The first-order valence-electron chi connectivity index (χ1n) is 13.6. The molecule has 0 spiro atoms. The van der Waals surface area contributed by atoms with Gasteiger partial charge in [-0.25, -0.2) is 4.79 Å². The highest BCUT2D eigenvalue weighted by Crippen LogP contribution is 2.21. The summed E-state index contributed by atoms with van der Waals surface area (Å²) >= 11 is 0. The number of rotatable bonds is 18. The molecular formula is C31H48O3. The summed E-state index contributed by atoms with van der Waals surface area (Å²) in [5.74, 6) is 0.766. The van der Waals surface area contributed by atoms with Crippen molar-refractivity contribution in [3.63, 3.8) is 0 Å². The minimum Gasteiger partial charge on any atom is -0.450 e. The molecule has 0 aromatic heterocycles. The molecule has 3 heteroatoms. The quantitative estimate of drug-likeness (QED) is 0.214. The van der Waals surface area contributed by atoms with Gasteiger partial charge in [-0.1, -0.05) is 151 Å². The van der Waals surface area contributed by atoms with Crippen LogP contribution in [0.4, 0.5) is 4.79 Å². The van der Waals surface area contributed by atoms with Crippen LogP contribution in [0.3, 0.4) is 0 Å². The highest BCUT2D eigenvalue weighted by molar-refractivity contribution is 5.53. The summed E-state index contributed by atoms with van der Waals surface area (Å²) in [7, 11) is 0. The van der Waals surface area contributed by atoms with Crippen LogP contribution in [0.25, 0.3) is 0 Å². The molecule has 2 aromatic carbocycles. The summed E-state index contributed by atoms with van der Waals surface area (Å²) in [5.41, 5.74) is 2.99. The van der Waals surface area contributed by atoms with E-state index in [2.05, 4.69) is 67.6 Å². The molecule has 0 aliphatic rings. The molecule has 2 aromatic rings. The molecule has 0 aliphatic heterocycles. The first kappa shape index (κ1) is 29.7. The average Bonchev–Trinajstić information content (AvgIpc) is 2.83. The van der Waals surface area contributed by atoms with Gasteiger partial charge >= 0.3 is 6.16 Å². The standard InChI is InChI=1S/C30H46.CH2O3/c1-2-3-4-5-6-7-8-9-10-11-12-13-16-25-30(26-28-21-17-14-18-22-28)27-29-23-19-15-20-24-29;2-1(3)4/h14-15,17-24,30H,2-13,16,25-27H2,1H3;(H2,2,3,4). The van der Waals surface area contributed by atoms with Crippen molar-refractivity contribution in [1.82, 2.24) is 0 Å². The largest absolute Gasteiger partial charge is 0.503 e. The second kappa shape index (κ2) is 21.3. The minimum absolute atomic E-state index is 0.766. The van der Waals surface area contributed by atoms with Crippen molar-refractivity contribution in [2.45, 2.75) is 110 Å². The Kier molecular flexibility index (Phi) is 18.6. The van der Waals surface area contributed by atoms with Gasteiger partial charge in [0.05, 0.1) is 0 Å². The van der Waals surface area contributed by atoms with Crippen molar-refractivity contribution >= 4 is 6.16 Å². The van der Waals surface area contributed by atoms with Gasteiger partial charge in [0, 0.05) is 0 Å². The van der Waals surface area contributed by atoms with Crippen molar-refractivity contribution in [3.05, 3.63) is 71.8 Å². The second-order valence-electron chi connectivity index (χ2n) is 9.56. The van der Waals surface area contributed by atoms with Crippen LogP contribution in [0.15, 0.2) is 60.7 Å². The molecule has 0 unspecified atom stereocenters. The maximum atomic E-state index is 8.56. The SMILES string of the molecule is CCCCCCCCCCCCCCCC(Cc1ccccc1)Cc1ccccc1.O=C(O)O. The summed E-state index contributed by atoms with van der Waals surface area (Å²) in [5, 5.41) is 13.9. The van der Waals surface area contributed by atoms with Gasteiger partial charge < -0.3 is 10.2 Å². The van der Waals surface area contributed by atoms with E-state index in [-0.39, 0.29) is 0 Å². The van der Waals surface area contributed by atoms with Gasteiger partial charge in [0.15, 0.2) is 0 Å². The van der Waals surface area contributed by atoms with Gasteiger partial charge in [0.25, 0.3) is 0 Å². The first-order chi connectivity index (χ1) is 16.6. The Labute approximate surface area is 208 Å². The van der Waals surface area contributed by atoms with Gasteiger partial charge in [0.1, 0.15) is 0 Å². The summed E-state index contributed by atoms with van der Waals surface area (Å²) in [6, 6.07) is 22.2. The molecule has 0 bridgehead atoms. The third-order valence-electron chi connectivity index (χ3n) is 6.45. The number of carbonyl (C=O) groups is 1. The van der Waals surface area contributed by atoms with Crippen molar-refractivity contribution < 1.29 is 15.0 Å². The first-order valence-corrected chi connectivity index (χ1v) is 13.6. The third-order valence-corrected chi connectivity index (χ3v) is 6.45. The molecule has 2 N–H and O–H groups in total. The second-order valence-corrected chi connectivity index (χ2v) is 9.56. The van der Waals surface area contributed by atoms with Crippen LogP contribution in [0.2, 0.25) is 0 Å². The fourth-order valence-corrected chi connectivity index (χ4v) is 4.62. The number of unbranched alkanes of at least 4 members (excludes halogenated alkanes) is 12. The normalized spacial score (nSPS) is 10.6. The predicted octanol–water partition coefficient (Wildman–Crippen LogP) is 9.79. The van der Waals surface area contributed by atoms with Crippen molar-refractivity contribution in [2.24, 2.45) is 5.92 Å². The van der Waals surface area contributed by atoms with E-state index in [1.165, 1.54) is 114 Å². The van der Waals surface area contributed by atoms with E-state index in [1.807, 2.05) is 0 Å². The van der Waals surface area contributed by atoms with Crippen LogP contribution in [0, 0.1) is 5.92 Å². The van der Waals surface area contributed by atoms with Crippen LogP contribution >= 0.6 is 0 Å². The van der Waals surface area contributed by atoms with E-state index in [0.29, 0.717) is 0 Å². The molecule has 0 saturated heterocycles. The van der Waals surface area contributed by atoms with E-state index < -0.39 is 6.16 Å². The molecule has 0 fully saturated rings. The molecule has 0 heterocycles. The lowest BCUT2D eigenvalue weighted by Crippen LogP contribution is -2.08. The van der Waals surface area contributed by atoms with Gasteiger partial charge in [-0.3, -0.25) is 0 Å². The summed E-state index contributed by atoms with van der Waals surface area (Å²) in [4.78, 5) is 8.56.